The third-order valence-corrected chi connectivity index (χ3v) is 1.27. The van der Waals surface area contributed by atoms with Gasteiger partial charge in [-0.05, 0) is 6.92 Å². The van der Waals surface area contributed by atoms with Gasteiger partial charge >= 0.3 is 0 Å². The van der Waals surface area contributed by atoms with Crippen LogP contribution >= 0.6 is 0 Å². The van der Waals surface area contributed by atoms with Crippen molar-refractivity contribution in [2.24, 2.45) is 0 Å². The van der Waals surface area contributed by atoms with E-state index in [1.54, 1.807) is 6.07 Å². The largest absolute Gasteiger partial charge is 0.395 e. The molecule has 0 aliphatic heterocycles. The van der Waals surface area contributed by atoms with E-state index in [-0.39, 0.29) is 6.61 Å². The van der Waals surface area contributed by atoms with Gasteiger partial charge in [-0.25, -0.2) is 4.98 Å². The Bertz CT molecular complexity index is 243. The van der Waals surface area contributed by atoms with Crippen molar-refractivity contribution in [2.75, 3.05) is 24.2 Å². The minimum Gasteiger partial charge on any atom is -0.395 e. The van der Waals surface area contributed by atoms with Crippen LogP contribution < -0.4 is 11.1 Å². The maximum absolute atomic E-state index is 8.52. The molecule has 0 spiro atoms. The maximum Gasteiger partial charge on any atom is 0.224 e. The fourth-order valence-corrected chi connectivity index (χ4v) is 0.840. The number of nitrogens with zero attached hydrogens (tertiary/aromatic N) is 2. The van der Waals surface area contributed by atoms with Gasteiger partial charge in [-0.1, -0.05) is 0 Å². The molecule has 0 saturated heterocycles. The van der Waals surface area contributed by atoms with E-state index in [0.29, 0.717) is 18.3 Å². The van der Waals surface area contributed by atoms with Crippen LogP contribution in [0.5, 0.6) is 0 Å². The molecular formula is C7H12N4O. The number of nitrogen functional groups attached to an aromatic ring is 1. The van der Waals surface area contributed by atoms with Crippen LogP contribution in [0.4, 0.5) is 11.8 Å². The average molecular weight is 168 g/mol. The minimum atomic E-state index is 0.0528. The van der Waals surface area contributed by atoms with E-state index in [9.17, 15) is 0 Å². The van der Waals surface area contributed by atoms with Crippen molar-refractivity contribution in [1.29, 1.82) is 0 Å². The lowest BCUT2D eigenvalue weighted by molar-refractivity contribution is 0.311. The fraction of sp³-hybridized carbons (Fsp3) is 0.429. The van der Waals surface area contributed by atoms with Gasteiger partial charge in [0.05, 0.1) is 6.61 Å². The second-order valence-corrected chi connectivity index (χ2v) is 2.41. The summed E-state index contributed by atoms with van der Waals surface area (Å²) in [7, 11) is 0. The quantitative estimate of drug-likeness (QED) is 0.580. The van der Waals surface area contributed by atoms with Gasteiger partial charge in [-0.3, -0.25) is 0 Å². The molecular weight excluding hydrogens is 156 g/mol. The lowest BCUT2D eigenvalue weighted by Crippen LogP contribution is -2.10. The van der Waals surface area contributed by atoms with E-state index in [1.165, 1.54) is 0 Å². The van der Waals surface area contributed by atoms with E-state index in [0.717, 1.165) is 5.69 Å². The highest BCUT2D eigenvalue weighted by atomic mass is 16.3. The normalized spacial score (nSPS) is 9.83. The van der Waals surface area contributed by atoms with E-state index in [1.807, 2.05) is 6.92 Å². The van der Waals surface area contributed by atoms with Crippen LogP contribution in [0, 0.1) is 6.92 Å². The molecule has 0 unspecified atom stereocenters. The van der Waals surface area contributed by atoms with Gasteiger partial charge in [0.25, 0.3) is 0 Å². The average Bonchev–Trinajstić information content (AvgIpc) is 1.99. The van der Waals surface area contributed by atoms with Gasteiger partial charge in [-0.2, -0.15) is 4.98 Å². The Labute approximate surface area is 70.6 Å². The maximum atomic E-state index is 8.52. The molecule has 0 aliphatic carbocycles. The Hall–Kier alpha value is -1.36. The van der Waals surface area contributed by atoms with Crippen molar-refractivity contribution in [1.82, 2.24) is 9.97 Å². The van der Waals surface area contributed by atoms with Crippen molar-refractivity contribution >= 4 is 11.8 Å². The summed E-state index contributed by atoms with van der Waals surface area (Å²) in [5.74, 6) is 0.893. The topological polar surface area (TPSA) is 84.1 Å². The number of aliphatic hydroxyl groups is 1. The SMILES string of the molecule is Cc1cc(N)nc(NCCO)n1. The molecule has 12 heavy (non-hydrogen) atoms. The molecule has 5 heteroatoms. The van der Waals surface area contributed by atoms with Gasteiger partial charge in [0, 0.05) is 18.3 Å². The van der Waals surface area contributed by atoms with Crippen LogP contribution in [0.1, 0.15) is 5.69 Å². The molecule has 0 saturated carbocycles. The zero-order chi connectivity index (χ0) is 8.97. The highest BCUT2D eigenvalue weighted by Crippen LogP contribution is 2.04. The molecule has 0 radical (unpaired) electrons. The monoisotopic (exact) mass is 168 g/mol. The van der Waals surface area contributed by atoms with E-state index in [2.05, 4.69) is 15.3 Å². The van der Waals surface area contributed by atoms with Gasteiger partial charge in [0.15, 0.2) is 0 Å². The summed E-state index contributed by atoms with van der Waals surface area (Å²) < 4.78 is 0. The number of aromatic nitrogens is 2. The second kappa shape index (κ2) is 3.87. The van der Waals surface area contributed by atoms with Crippen molar-refractivity contribution in [3.63, 3.8) is 0 Å². The van der Waals surface area contributed by atoms with Crippen molar-refractivity contribution < 1.29 is 5.11 Å². The minimum absolute atomic E-state index is 0.0528. The third kappa shape index (κ3) is 2.35. The first-order valence-electron chi connectivity index (χ1n) is 3.68. The molecule has 66 valence electrons. The lowest BCUT2D eigenvalue weighted by Gasteiger charge is -2.03. The predicted octanol–water partition coefficient (Wildman–Crippen LogP) is -0.229. The molecule has 0 bridgehead atoms. The van der Waals surface area contributed by atoms with E-state index < -0.39 is 0 Å². The molecule has 1 aromatic rings. The molecule has 0 fully saturated rings. The summed E-state index contributed by atoms with van der Waals surface area (Å²) in [4.78, 5) is 7.97. The van der Waals surface area contributed by atoms with Gasteiger partial charge < -0.3 is 16.2 Å². The number of anilines is 2. The Morgan fingerprint density at radius 2 is 2.33 bits per heavy atom. The first-order chi connectivity index (χ1) is 5.72. The van der Waals surface area contributed by atoms with Crippen LogP contribution in [0.2, 0.25) is 0 Å². The van der Waals surface area contributed by atoms with Crippen LogP contribution in [0.25, 0.3) is 0 Å². The summed E-state index contributed by atoms with van der Waals surface area (Å²) in [6, 6.07) is 1.68. The molecule has 0 aliphatic rings. The first kappa shape index (κ1) is 8.73. The third-order valence-electron chi connectivity index (χ3n) is 1.27. The van der Waals surface area contributed by atoms with E-state index >= 15 is 0 Å². The van der Waals surface area contributed by atoms with Crippen LogP contribution in [0.15, 0.2) is 6.07 Å². The molecule has 1 heterocycles. The Morgan fingerprint density at radius 1 is 1.58 bits per heavy atom. The number of hydrogen-bond acceptors (Lipinski definition) is 5. The number of hydrogen-bond donors (Lipinski definition) is 3. The smallest absolute Gasteiger partial charge is 0.224 e. The number of rotatable bonds is 3. The summed E-state index contributed by atoms with van der Waals surface area (Å²) >= 11 is 0. The summed E-state index contributed by atoms with van der Waals surface area (Å²) in [5.41, 5.74) is 6.29. The zero-order valence-electron chi connectivity index (χ0n) is 6.91. The molecule has 4 N–H and O–H groups in total. The van der Waals surface area contributed by atoms with E-state index in [4.69, 9.17) is 10.8 Å². The van der Waals surface area contributed by atoms with Crippen LogP contribution in [-0.4, -0.2) is 28.2 Å². The number of aryl methyl sites for hydroxylation is 1. The van der Waals surface area contributed by atoms with Crippen LogP contribution in [-0.2, 0) is 0 Å². The molecule has 0 amide bonds. The lowest BCUT2D eigenvalue weighted by atomic mass is 10.4. The first-order valence-corrected chi connectivity index (χ1v) is 3.68. The molecule has 5 nitrogen and oxygen atoms in total. The summed E-state index contributed by atoms with van der Waals surface area (Å²) in [6.07, 6.45) is 0. The number of nitrogens with one attached hydrogen (secondary N) is 1. The second-order valence-electron chi connectivity index (χ2n) is 2.41. The standard InChI is InChI=1S/C7H12N4O/c1-5-4-6(8)11-7(10-5)9-2-3-12/h4,12H,2-3H2,1H3,(H3,8,9,10,11). The Morgan fingerprint density at radius 3 is 2.92 bits per heavy atom. The zero-order valence-corrected chi connectivity index (χ0v) is 6.91. The predicted molar refractivity (Wildman–Crippen MR) is 46.8 cm³/mol. The van der Waals surface area contributed by atoms with Gasteiger partial charge in [0.1, 0.15) is 5.82 Å². The highest BCUT2D eigenvalue weighted by Gasteiger charge is 1.97. The highest BCUT2D eigenvalue weighted by molar-refractivity contribution is 5.37. The summed E-state index contributed by atoms with van der Waals surface area (Å²) in [6.45, 7) is 2.32. The van der Waals surface area contributed by atoms with Gasteiger partial charge in [-0.15, -0.1) is 0 Å². The molecule has 1 aromatic heterocycles. The number of nitrogens with two attached hydrogens (primary N) is 1. The molecule has 1 rings (SSSR count). The summed E-state index contributed by atoms with van der Waals surface area (Å²) in [5, 5.41) is 11.3. The van der Waals surface area contributed by atoms with Crippen LogP contribution in [0.3, 0.4) is 0 Å². The molecule has 0 atom stereocenters. The van der Waals surface area contributed by atoms with Crippen molar-refractivity contribution in [3.05, 3.63) is 11.8 Å². The fourth-order valence-electron chi connectivity index (χ4n) is 0.840. The Balaban J connectivity index is 2.72. The molecule has 0 aromatic carbocycles. The van der Waals surface area contributed by atoms with Gasteiger partial charge in [0.2, 0.25) is 5.95 Å². The van der Waals surface area contributed by atoms with Crippen molar-refractivity contribution in [3.8, 4) is 0 Å². The number of aliphatic hydroxyl groups excluding tert-OH is 1. The Kier molecular flexibility index (Phi) is 2.82. The van der Waals surface area contributed by atoms with Crippen molar-refractivity contribution in [2.45, 2.75) is 6.92 Å².